The van der Waals surface area contributed by atoms with Crippen LogP contribution in [0.3, 0.4) is 0 Å². The van der Waals surface area contributed by atoms with Crippen LogP contribution in [0.5, 0.6) is 17.4 Å². The minimum absolute atomic E-state index is 0.404. The van der Waals surface area contributed by atoms with Gasteiger partial charge < -0.3 is 19.9 Å². The van der Waals surface area contributed by atoms with Crippen LogP contribution in [-0.2, 0) is 6.54 Å². The molecule has 0 aliphatic heterocycles. The van der Waals surface area contributed by atoms with Crippen LogP contribution < -0.4 is 19.9 Å². The standard InChI is InChI=1S/C15H18N2O3/c1-18-13-6-11(8-16)12(7-14(13)19-2)10-4-5-15(20-3)17-9-10/h4-7,9H,8,16H2,1-3H3. The van der Waals surface area contributed by atoms with Gasteiger partial charge in [0.25, 0.3) is 0 Å². The maximum Gasteiger partial charge on any atom is 0.212 e. The van der Waals surface area contributed by atoms with E-state index in [1.807, 2.05) is 24.3 Å². The highest BCUT2D eigenvalue weighted by Gasteiger charge is 2.12. The molecule has 0 amide bonds. The second-order valence-corrected chi connectivity index (χ2v) is 4.16. The summed E-state index contributed by atoms with van der Waals surface area (Å²) in [6, 6.07) is 7.54. The molecule has 0 saturated carbocycles. The van der Waals surface area contributed by atoms with Crippen molar-refractivity contribution in [3.8, 4) is 28.5 Å². The zero-order valence-electron chi connectivity index (χ0n) is 11.8. The molecule has 2 N–H and O–H groups in total. The van der Waals surface area contributed by atoms with E-state index in [4.69, 9.17) is 19.9 Å². The van der Waals surface area contributed by atoms with E-state index in [1.54, 1.807) is 27.5 Å². The molecule has 0 spiro atoms. The van der Waals surface area contributed by atoms with Crippen molar-refractivity contribution in [1.29, 1.82) is 0 Å². The van der Waals surface area contributed by atoms with Gasteiger partial charge >= 0.3 is 0 Å². The Balaban J connectivity index is 2.53. The van der Waals surface area contributed by atoms with Crippen LogP contribution in [-0.4, -0.2) is 26.3 Å². The summed E-state index contributed by atoms with van der Waals surface area (Å²) >= 11 is 0. The number of hydrogen-bond donors (Lipinski definition) is 1. The molecule has 20 heavy (non-hydrogen) atoms. The summed E-state index contributed by atoms with van der Waals surface area (Å²) in [6.45, 7) is 0.404. The lowest BCUT2D eigenvalue weighted by Gasteiger charge is -2.14. The largest absolute Gasteiger partial charge is 0.493 e. The molecular weight excluding hydrogens is 256 g/mol. The summed E-state index contributed by atoms with van der Waals surface area (Å²) in [5, 5.41) is 0. The molecule has 5 nitrogen and oxygen atoms in total. The molecule has 0 saturated heterocycles. The van der Waals surface area contributed by atoms with Crippen LogP contribution in [0.15, 0.2) is 30.5 Å². The molecule has 0 aliphatic carbocycles. The molecular formula is C15H18N2O3. The van der Waals surface area contributed by atoms with Crippen LogP contribution in [0.4, 0.5) is 0 Å². The Bertz CT molecular complexity index is 582. The van der Waals surface area contributed by atoms with Gasteiger partial charge in [-0.1, -0.05) is 0 Å². The third-order valence-electron chi connectivity index (χ3n) is 3.09. The molecule has 0 bridgehead atoms. The van der Waals surface area contributed by atoms with Crippen molar-refractivity contribution in [2.45, 2.75) is 6.54 Å². The number of methoxy groups -OCH3 is 3. The Morgan fingerprint density at radius 1 is 1.00 bits per heavy atom. The Morgan fingerprint density at radius 3 is 2.20 bits per heavy atom. The molecule has 0 atom stereocenters. The topological polar surface area (TPSA) is 66.6 Å². The molecule has 0 unspecified atom stereocenters. The van der Waals surface area contributed by atoms with E-state index in [2.05, 4.69) is 4.98 Å². The van der Waals surface area contributed by atoms with E-state index in [0.717, 1.165) is 16.7 Å². The van der Waals surface area contributed by atoms with Crippen LogP contribution in [0, 0.1) is 0 Å². The van der Waals surface area contributed by atoms with Gasteiger partial charge in [0.1, 0.15) is 0 Å². The molecule has 2 rings (SSSR count). The maximum absolute atomic E-state index is 5.82. The first-order chi connectivity index (χ1) is 9.73. The van der Waals surface area contributed by atoms with E-state index in [9.17, 15) is 0 Å². The predicted molar refractivity (Wildman–Crippen MR) is 77.2 cm³/mol. The van der Waals surface area contributed by atoms with E-state index in [0.29, 0.717) is 23.9 Å². The van der Waals surface area contributed by atoms with E-state index in [1.165, 1.54) is 0 Å². The summed E-state index contributed by atoms with van der Waals surface area (Å²) < 4.78 is 15.7. The van der Waals surface area contributed by atoms with Crippen LogP contribution >= 0.6 is 0 Å². The van der Waals surface area contributed by atoms with E-state index < -0.39 is 0 Å². The minimum Gasteiger partial charge on any atom is -0.493 e. The zero-order chi connectivity index (χ0) is 14.5. The third kappa shape index (κ3) is 2.67. The highest BCUT2D eigenvalue weighted by Crippen LogP contribution is 2.35. The number of pyridine rings is 1. The SMILES string of the molecule is COc1ccc(-c2cc(OC)c(OC)cc2CN)cn1. The van der Waals surface area contributed by atoms with Gasteiger partial charge in [0.05, 0.1) is 21.3 Å². The molecule has 1 heterocycles. The van der Waals surface area contributed by atoms with Crippen molar-refractivity contribution in [2.24, 2.45) is 5.73 Å². The van der Waals surface area contributed by atoms with Crippen molar-refractivity contribution < 1.29 is 14.2 Å². The highest BCUT2D eigenvalue weighted by molar-refractivity contribution is 5.71. The summed E-state index contributed by atoms with van der Waals surface area (Å²) in [7, 11) is 4.80. The first kappa shape index (κ1) is 14.1. The Hall–Kier alpha value is -2.27. The number of benzene rings is 1. The van der Waals surface area contributed by atoms with Crippen molar-refractivity contribution in [3.05, 3.63) is 36.0 Å². The molecule has 1 aromatic heterocycles. The molecule has 1 aromatic carbocycles. The highest BCUT2D eigenvalue weighted by atomic mass is 16.5. The summed E-state index contributed by atoms with van der Waals surface area (Å²) in [5.74, 6) is 1.90. The van der Waals surface area contributed by atoms with Crippen LogP contribution in [0.25, 0.3) is 11.1 Å². The van der Waals surface area contributed by atoms with Crippen molar-refractivity contribution in [2.75, 3.05) is 21.3 Å². The van der Waals surface area contributed by atoms with Gasteiger partial charge in [-0.15, -0.1) is 0 Å². The number of rotatable bonds is 5. The average molecular weight is 274 g/mol. The number of nitrogens with zero attached hydrogens (tertiary/aromatic N) is 1. The predicted octanol–water partition coefficient (Wildman–Crippen LogP) is 2.23. The first-order valence-corrected chi connectivity index (χ1v) is 6.18. The minimum atomic E-state index is 0.404. The molecule has 0 fully saturated rings. The van der Waals surface area contributed by atoms with E-state index in [-0.39, 0.29) is 0 Å². The fraction of sp³-hybridized carbons (Fsp3) is 0.267. The van der Waals surface area contributed by atoms with Crippen molar-refractivity contribution in [1.82, 2.24) is 4.98 Å². The Labute approximate surface area is 118 Å². The van der Waals surface area contributed by atoms with Gasteiger partial charge in [-0.3, -0.25) is 0 Å². The summed E-state index contributed by atoms with van der Waals surface area (Å²) in [5.41, 5.74) is 8.71. The fourth-order valence-electron chi connectivity index (χ4n) is 2.02. The molecule has 106 valence electrons. The monoisotopic (exact) mass is 274 g/mol. The Kier molecular flexibility index (Phi) is 4.42. The molecule has 0 radical (unpaired) electrons. The molecule has 2 aromatic rings. The van der Waals surface area contributed by atoms with Gasteiger partial charge in [-0.25, -0.2) is 4.98 Å². The molecule has 0 aliphatic rings. The average Bonchev–Trinajstić information content (AvgIpc) is 2.53. The van der Waals surface area contributed by atoms with Crippen LogP contribution in [0.2, 0.25) is 0 Å². The van der Waals surface area contributed by atoms with Crippen LogP contribution in [0.1, 0.15) is 5.56 Å². The lowest BCUT2D eigenvalue weighted by Crippen LogP contribution is -2.02. The smallest absolute Gasteiger partial charge is 0.212 e. The van der Waals surface area contributed by atoms with Gasteiger partial charge in [-0.05, 0) is 29.3 Å². The lowest BCUT2D eigenvalue weighted by molar-refractivity contribution is 0.354. The van der Waals surface area contributed by atoms with Gasteiger partial charge in [-0.2, -0.15) is 0 Å². The summed E-state index contributed by atoms with van der Waals surface area (Å²) in [4.78, 5) is 4.21. The number of nitrogens with two attached hydrogens (primary N) is 1. The number of hydrogen-bond acceptors (Lipinski definition) is 5. The number of ether oxygens (including phenoxy) is 3. The summed E-state index contributed by atoms with van der Waals surface area (Å²) in [6.07, 6.45) is 1.75. The second kappa shape index (κ2) is 6.25. The van der Waals surface area contributed by atoms with Gasteiger partial charge in [0.15, 0.2) is 11.5 Å². The fourth-order valence-corrected chi connectivity index (χ4v) is 2.02. The number of aromatic nitrogens is 1. The maximum atomic E-state index is 5.82. The normalized spacial score (nSPS) is 10.2. The van der Waals surface area contributed by atoms with Crippen molar-refractivity contribution >= 4 is 0 Å². The first-order valence-electron chi connectivity index (χ1n) is 6.18. The lowest BCUT2D eigenvalue weighted by atomic mass is 10.00. The quantitative estimate of drug-likeness (QED) is 0.905. The zero-order valence-corrected chi connectivity index (χ0v) is 11.8. The van der Waals surface area contributed by atoms with E-state index >= 15 is 0 Å². The third-order valence-corrected chi connectivity index (χ3v) is 3.09. The van der Waals surface area contributed by atoms with Gasteiger partial charge in [0, 0.05) is 24.4 Å². The van der Waals surface area contributed by atoms with Crippen molar-refractivity contribution in [3.63, 3.8) is 0 Å². The second-order valence-electron chi connectivity index (χ2n) is 4.16. The Morgan fingerprint density at radius 2 is 1.70 bits per heavy atom. The molecule has 5 heteroatoms. The van der Waals surface area contributed by atoms with Gasteiger partial charge in [0.2, 0.25) is 5.88 Å².